The molecule has 32 heavy (non-hydrogen) atoms. The first-order valence-electron chi connectivity index (χ1n) is 9.54. The molecule has 0 bridgehead atoms. The minimum absolute atomic E-state index is 0.0264. The molecule has 3 nitrogen and oxygen atoms in total. The van der Waals surface area contributed by atoms with Gasteiger partial charge in [0.15, 0.2) is 4.32 Å². The molecule has 1 amide bonds. The van der Waals surface area contributed by atoms with Crippen LogP contribution in [0.2, 0.25) is 5.02 Å². The monoisotopic (exact) mass is 501 g/mol. The number of anilines is 1. The van der Waals surface area contributed by atoms with Crippen LogP contribution in [0.25, 0.3) is 6.08 Å². The lowest BCUT2D eigenvalue weighted by Gasteiger charge is -2.15. The van der Waals surface area contributed by atoms with Gasteiger partial charge in [-0.3, -0.25) is 9.69 Å². The summed E-state index contributed by atoms with van der Waals surface area (Å²) in [5, 5.41) is 0.326. The summed E-state index contributed by atoms with van der Waals surface area (Å²) in [7, 11) is 0. The summed E-state index contributed by atoms with van der Waals surface area (Å²) >= 11 is 14.4. The third-order valence-corrected chi connectivity index (χ3v) is 7.11. The van der Waals surface area contributed by atoms with Crippen molar-refractivity contribution in [2.45, 2.75) is 11.5 Å². The van der Waals surface area contributed by atoms with Crippen LogP contribution in [0.3, 0.4) is 0 Å². The SMILES string of the molecule is CSc1cccc(N2C(=O)/C(=C/c3ccc(OCc4c(F)cccc4Cl)cc3)SC2=S)c1. The Bertz CT molecular complexity index is 1190. The predicted molar refractivity (Wildman–Crippen MR) is 136 cm³/mol. The zero-order valence-electron chi connectivity index (χ0n) is 16.9. The Morgan fingerprint density at radius 3 is 2.62 bits per heavy atom. The highest BCUT2D eigenvalue weighted by molar-refractivity contribution is 8.27. The summed E-state index contributed by atoms with van der Waals surface area (Å²) in [5.74, 6) is 0.0230. The molecule has 162 valence electrons. The molecule has 1 aliphatic heterocycles. The minimum Gasteiger partial charge on any atom is -0.489 e. The van der Waals surface area contributed by atoms with Gasteiger partial charge >= 0.3 is 0 Å². The maximum atomic E-state index is 13.9. The van der Waals surface area contributed by atoms with Crippen molar-refractivity contribution >= 4 is 69.3 Å². The van der Waals surface area contributed by atoms with Crippen molar-refractivity contribution in [3.63, 3.8) is 0 Å². The molecule has 0 unspecified atom stereocenters. The molecule has 8 heteroatoms. The number of amides is 1. The molecular weight excluding hydrogens is 485 g/mol. The van der Waals surface area contributed by atoms with Crippen molar-refractivity contribution < 1.29 is 13.9 Å². The standard InChI is InChI=1S/C24H17ClFNO2S3/c1-31-18-5-2-4-16(13-18)27-23(28)22(32-24(27)30)12-15-8-10-17(11-9-15)29-14-19-20(25)6-3-7-21(19)26/h2-13H,14H2,1H3/b22-12-. The lowest BCUT2D eigenvalue weighted by Crippen LogP contribution is -2.27. The number of hydrogen-bond donors (Lipinski definition) is 0. The second-order valence-electron chi connectivity index (χ2n) is 6.78. The Kier molecular flexibility index (Phi) is 7.20. The van der Waals surface area contributed by atoms with Crippen LogP contribution in [0.5, 0.6) is 5.75 Å². The molecular formula is C24H17ClFNO2S3. The summed E-state index contributed by atoms with van der Waals surface area (Å²) in [4.78, 5) is 16.2. The molecule has 0 N–H and O–H groups in total. The van der Waals surface area contributed by atoms with Gasteiger partial charge in [0, 0.05) is 10.5 Å². The van der Waals surface area contributed by atoms with Crippen LogP contribution in [-0.2, 0) is 11.4 Å². The van der Waals surface area contributed by atoms with E-state index >= 15 is 0 Å². The molecule has 0 atom stereocenters. The zero-order chi connectivity index (χ0) is 22.7. The summed E-state index contributed by atoms with van der Waals surface area (Å²) < 4.78 is 20.1. The lowest BCUT2D eigenvalue weighted by molar-refractivity contribution is -0.113. The third kappa shape index (κ3) is 5.02. The lowest BCUT2D eigenvalue weighted by atomic mass is 10.2. The average molecular weight is 502 g/mol. The van der Waals surface area contributed by atoms with E-state index in [2.05, 4.69) is 0 Å². The molecule has 0 spiro atoms. The fraction of sp³-hybridized carbons (Fsp3) is 0.0833. The van der Waals surface area contributed by atoms with E-state index in [-0.39, 0.29) is 12.5 Å². The van der Waals surface area contributed by atoms with Crippen LogP contribution in [0.4, 0.5) is 10.1 Å². The van der Waals surface area contributed by atoms with Gasteiger partial charge in [-0.2, -0.15) is 0 Å². The van der Waals surface area contributed by atoms with Gasteiger partial charge < -0.3 is 4.74 Å². The molecule has 1 aliphatic rings. The molecule has 1 saturated heterocycles. The molecule has 3 aromatic rings. The maximum absolute atomic E-state index is 13.9. The number of carbonyl (C=O) groups excluding carboxylic acids is 1. The van der Waals surface area contributed by atoms with Crippen molar-refractivity contribution in [3.8, 4) is 5.75 Å². The normalized spacial score (nSPS) is 15.0. The van der Waals surface area contributed by atoms with Crippen LogP contribution in [-0.4, -0.2) is 16.5 Å². The quantitative estimate of drug-likeness (QED) is 0.202. The number of ether oxygens (including phenoxy) is 1. The fourth-order valence-corrected chi connectivity index (χ4v) is 5.05. The van der Waals surface area contributed by atoms with Gasteiger partial charge in [-0.1, -0.05) is 59.8 Å². The number of nitrogens with zero attached hydrogens (tertiary/aromatic N) is 1. The average Bonchev–Trinajstić information content (AvgIpc) is 3.07. The highest BCUT2D eigenvalue weighted by Crippen LogP contribution is 2.37. The van der Waals surface area contributed by atoms with Crippen molar-refractivity contribution in [1.29, 1.82) is 0 Å². The number of thiocarbonyl (C=S) groups is 1. The molecule has 0 aliphatic carbocycles. The second-order valence-corrected chi connectivity index (χ2v) is 9.74. The van der Waals surface area contributed by atoms with Crippen molar-refractivity contribution in [2.24, 2.45) is 0 Å². The molecule has 1 fully saturated rings. The van der Waals surface area contributed by atoms with E-state index in [1.165, 1.54) is 17.8 Å². The number of hydrogen-bond acceptors (Lipinski definition) is 5. The molecule has 0 saturated carbocycles. The van der Waals surface area contributed by atoms with Gasteiger partial charge in [0.2, 0.25) is 0 Å². The van der Waals surface area contributed by atoms with Crippen LogP contribution >= 0.6 is 47.3 Å². The number of carbonyl (C=O) groups is 1. The summed E-state index contributed by atoms with van der Waals surface area (Å²) in [6.07, 6.45) is 3.79. The Morgan fingerprint density at radius 2 is 1.91 bits per heavy atom. The van der Waals surface area contributed by atoms with Crippen molar-refractivity contribution in [1.82, 2.24) is 0 Å². The summed E-state index contributed by atoms with van der Waals surface area (Å²) in [6.45, 7) is 0.0264. The topological polar surface area (TPSA) is 29.5 Å². The second kappa shape index (κ2) is 10.1. The molecule has 4 rings (SSSR count). The fourth-order valence-electron chi connectivity index (χ4n) is 3.08. The first kappa shape index (κ1) is 22.9. The Labute approximate surface area is 204 Å². The third-order valence-electron chi connectivity index (χ3n) is 4.73. The summed E-state index contributed by atoms with van der Waals surface area (Å²) in [6, 6.07) is 19.5. The Balaban J connectivity index is 1.47. The Morgan fingerprint density at radius 1 is 1.16 bits per heavy atom. The van der Waals surface area contributed by atoms with Gasteiger partial charge in [0.1, 0.15) is 18.2 Å². The highest BCUT2D eigenvalue weighted by atomic mass is 35.5. The van der Waals surface area contributed by atoms with Gasteiger partial charge in [-0.05, 0) is 60.4 Å². The summed E-state index contributed by atoms with van der Waals surface area (Å²) in [5.41, 5.74) is 1.91. The minimum atomic E-state index is -0.404. The predicted octanol–water partition coefficient (Wildman–Crippen LogP) is 7.19. The van der Waals surface area contributed by atoms with E-state index in [1.54, 1.807) is 47.0 Å². The van der Waals surface area contributed by atoms with Gasteiger partial charge in [0.25, 0.3) is 5.91 Å². The van der Waals surface area contributed by atoms with E-state index in [0.29, 0.717) is 25.6 Å². The maximum Gasteiger partial charge on any atom is 0.270 e. The molecule has 0 aromatic heterocycles. The van der Waals surface area contributed by atoms with Crippen LogP contribution in [0.15, 0.2) is 76.5 Å². The highest BCUT2D eigenvalue weighted by Gasteiger charge is 2.33. The van der Waals surface area contributed by atoms with Crippen LogP contribution < -0.4 is 9.64 Å². The van der Waals surface area contributed by atoms with Crippen molar-refractivity contribution in [2.75, 3.05) is 11.2 Å². The van der Waals surface area contributed by atoms with E-state index in [0.717, 1.165) is 16.1 Å². The van der Waals surface area contributed by atoms with Crippen LogP contribution in [0.1, 0.15) is 11.1 Å². The molecule has 0 radical (unpaired) electrons. The van der Waals surface area contributed by atoms with E-state index in [4.69, 9.17) is 28.6 Å². The first-order chi connectivity index (χ1) is 15.5. The van der Waals surface area contributed by atoms with E-state index in [1.807, 2.05) is 42.7 Å². The molecule has 1 heterocycles. The van der Waals surface area contributed by atoms with Gasteiger partial charge in [-0.25, -0.2) is 4.39 Å². The first-order valence-corrected chi connectivity index (χ1v) is 12.4. The number of thioether (sulfide) groups is 2. The van der Waals surface area contributed by atoms with Crippen molar-refractivity contribution in [3.05, 3.63) is 93.6 Å². The van der Waals surface area contributed by atoms with Gasteiger partial charge in [0.05, 0.1) is 15.6 Å². The number of rotatable bonds is 6. The Hall–Kier alpha value is -2.32. The van der Waals surface area contributed by atoms with Gasteiger partial charge in [-0.15, -0.1) is 11.8 Å². The van der Waals surface area contributed by atoms with E-state index < -0.39 is 5.82 Å². The smallest absolute Gasteiger partial charge is 0.270 e. The number of halogens is 2. The zero-order valence-corrected chi connectivity index (χ0v) is 20.1. The largest absolute Gasteiger partial charge is 0.489 e. The molecule has 3 aromatic carbocycles. The van der Waals surface area contributed by atoms with Crippen LogP contribution in [0, 0.1) is 5.82 Å². The number of benzene rings is 3. The van der Waals surface area contributed by atoms with E-state index in [9.17, 15) is 9.18 Å².